The van der Waals surface area contributed by atoms with Crippen molar-refractivity contribution >= 4 is 11.9 Å². The summed E-state index contributed by atoms with van der Waals surface area (Å²) in [6.45, 7) is 5.05. The lowest BCUT2D eigenvalue weighted by Crippen LogP contribution is -2.49. The maximum absolute atomic E-state index is 13.5. The molecule has 116 valence electrons. The second kappa shape index (κ2) is 7.61. The minimum atomic E-state index is -0.937. The van der Waals surface area contributed by atoms with Crippen LogP contribution >= 0.6 is 0 Å². The third kappa shape index (κ3) is 4.73. The summed E-state index contributed by atoms with van der Waals surface area (Å²) in [7, 11) is 1.25. The highest BCUT2D eigenvalue weighted by molar-refractivity contribution is 5.87. The summed E-state index contributed by atoms with van der Waals surface area (Å²) in [4.78, 5) is 23.6. The first-order valence-corrected chi connectivity index (χ1v) is 6.66. The Hall–Kier alpha value is -2.11. The second-order valence-electron chi connectivity index (χ2n) is 4.94. The lowest BCUT2D eigenvalue weighted by atomic mass is 10.0. The molecule has 2 atom stereocenters. The van der Waals surface area contributed by atoms with E-state index in [-0.39, 0.29) is 11.7 Å². The molecule has 0 saturated heterocycles. The van der Waals surface area contributed by atoms with Gasteiger partial charge in [-0.2, -0.15) is 0 Å². The molecular formula is C15H20FNO4. The number of methoxy groups -OCH3 is 1. The molecule has 0 spiro atoms. The highest BCUT2D eigenvalue weighted by Gasteiger charge is 2.27. The van der Waals surface area contributed by atoms with Crippen molar-refractivity contribution in [2.75, 3.05) is 7.11 Å². The number of halogens is 1. The number of rotatable bonds is 6. The first kappa shape index (κ1) is 16.9. The topological polar surface area (TPSA) is 64.6 Å². The van der Waals surface area contributed by atoms with Gasteiger partial charge in [-0.05, 0) is 25.0 Å². The van der Waals surface area contributed by atoms with E-state index in [0.29, 0.717) is 0 Å². The molecule has 1 aromatic rings. The van der Waals surface area contributed by atoms with Gasteiger partial charge in [0.2, 0.25) is 0 Å². The normalized spacial score (nSPS) is 13.4. The number of hydrogen-bond acceptors (Lipinski definition) is 4. The van der Waals surface area contributed by atoms with Gasteiger partial charge in [-0.15, -0.1) is 0 Å². The number of para-hydroxylation sites is 1. The molecule has 0 aliphatic heterocycles. The van der Waals surface area contributed by atoms with Gasteiger partial charge in [0.1, 0.15) is 6.04 Å². The molecule has 0 fully saturated rings. The van der Waals surface area contributed by atoms with Crippen LogP contribution < -0.4 is 10.1 Å². The number of hydrogen-bond donors (Lipinski definition) is 1. The quantitative estimate of drug-likeness (QED) is 0.815. The molecule has 0 radical (unpaired) electrons. The molecule has 6 heteroatoms. The number of ether oxygens (including phenoxy) is 2. The van der Waals surface area contributed by atoms with E-state index in [1.54, 1.807) is 19.9 Å². The molecule has 1 aromatic carbocycles. The number of benzene rings is 1. The molecule has 0 aliphatic rings. The Morgan fingerprint density at radius 2 is 1.81 bits per heavy atom. The summed E-state index contributed by atoms with van der Waals surface area (Å²) in [5.74, 6) is -1.74. The Labute approximate surface area is 123 Å². The molecule has 2 unspecified atom stereocenters. The first-order valence-electron chi connectivity index (χ1n) is 6.66. The van der Waals surface area contributed by atoms with Crippen molar-refractivity contribution < 1.29 is 23.5 Å². The minimum Gasteiger partial charge on any atom is -0.478 e. The fourth-order valence-electron chi connectivity index (χ4n) is 1.68. The van der Waals surface area contributed by atoms with Crippen LogP contribution in [0.1, 0.15) is 20.8 Å². The fraction of sp³-hybridized carbons (Fsp3) is 0.467. The maximum Gasteiger partial charge on any atom is 0.328 e. The van der Waals surface area contributed by atoms with Crippen LogP contribution in [0, 0.1) is 11.7 Å². The third-order valence-electron chi connectivity index (χ3n) is 2.93. The van der Waals surface area contributed by atoms with Crippen molar-refractivity contribution in [1.29, 1.82) is 0 Å². The zero-order chi connectivity index (χ0) is 16.0. The van der Waals surface area contributed by atoms with Crippen LogP contribution in [0.25, 0.3) is 0 Å². The SMILES string of the molecule is COC(=O)C(NC(=O)C(C)Oc1ccccc1F)C(C)C. The van der Waals surface area contributed by atoms with Crippen molar-refractivity contribution in [3.63, 3.8) is 0 Å². The van der Waals surface area contributed by atoms with E-state index in [4.69, 9.17) is 4.74 Å². The monoisotopic (exact) mass is 297 g/mol. The molecule has 0 bridgehead atoms. The lowest BCUT2D eigenvalue weighted by molar-refractivity contribution is -0.147. The summed E-state index contributed by atoms with van der Waals surface area (Å²) >= 11 is 0. The van der Waals surface area contributed by atoms with Gasteiger partial charge in [-0.3, -0.25) is 4.79 Å². The summed E-state index contributed by atoms with van der Waals surface area (Å²) in [6.07, 6.45) is -0.937. The molecule has 1 N–H and O–H groups in total. The van der Waals surface area contributed by atoms with Gasteiger partial charge in [0, 0.05) is 0 Å². The summed E-state index contributed by atoms with van der Waals surface area (Å²) in [6, 6.07) is 5.03. The fourth-order valence-corrected chi connectivity index (χ4v) is 1.68. The van der Waals surface area contributed by atoms with Gasteiger partial charge in [-0.1, -0.05) is 26.0 Å². The van der Waals surface area contributed by atoms with Crippen LogP contribution in [0.2, 0.25) is 0 Å². The number of esters is 1. The summed E-state index contributed by atoms with van der Waals surface area (Å²) < 4.78 is 23.4. The lowest BCUT2D eigenvalue weighted by Gasteiger charge is -2.22. The average molecular weight is 297 g/mol. The van der Waals surface area contributed by atoms with E-state index in [1.807, 2.05) is 0 Å². The third-order valence-corrected chi connectivity index (χ3v) is 2.93. The Morgan fingerprint density at radius 3 is 2.33 bits per heavy atom. The van der Waals surface area contributed by atoms with Crippen LogP contribution in [0.15, 0.2) is 24.3 Å². The van der Waals surface area contributed by atoms with E-state index in [2.05, 4.69) is 10.1 Å². The maximum atomic E-state index is 13.5. The molecule has 0 heterocycles. The standard InChI is InChI=1S/C15H20FNO4/c1-9(2)13(15(19)20-4)17-14(18)10(3)21-12-8-6-5-7-11(12)16/h5-10,13H,1-4H3,(H,17,18). The number of carbonyl (C=O) groups excluding carboxylic acids is 2. The van der Waals surface area contributed by atoms with E-state index >= 15 is 0 Å². The number of amides is 1. The molecule has 0 aromatic heterocycles. The van der Waals surface area contributed by atoms with E-state index < -0.39 is 29.8 Å². The van der Waals surface area contributed by atoms with Crippen LogP contribution in [0.3, 0.4) is 0 Å². The van der Waals surface area contributed by atoms with Crippen LogP contribution in [-0.4, -0.2) is 31.1 Å². The van der Waals surface area contributed by atoms with Gasteiger partial charge in [0.25, 0.3) is 5.91 Å². The molecule has 21 heavy (non-hydrogen) atoms. The zero-order valence-electron chi connectivity index (χ0n) is 12.6. The Bertz CT molecular complexity index is 504. The number of carbonyl (C=O) groups is 2. The van der Waals surface area contributed by atoms with Gasteiger partial charge in [-0.25, -0.2) is 9.18 Å². The van der Waals surface area contributed by atoms with Crippen molar-refractivity contribution in [2.24, 2.45) is 5.92 Å². The zero-order valence-corrected chi connectivity index (χ0v) is 12.6. The van der Waals surface area contributed by atoms with Crippen molar-refractivity contribution in [3.05, 3.63) is 30.1 Å². The molecule has 1 amide bonds. The number of nitrogens with one attached hydrogen (secondary N) is 1. The minimum absolute atomic E-state index is 0.0145. The van der Waals surface area contributed by atoms with Crippen molar-refractivity contribution in [2.45, 2.75) is 32.9 Å². The van der Waals surface area contributed by atoms with Gasteiger partial charge in [0.15, 0.2) is 17.7 Å². The molecule has 1 rings (SSSR count). The first-order chi connectivity index (χ1) is 9.86. The van der Waals surface area contributed by atoms with Gasteiger partial charge in [0.05, 0.1) is 7.11 Å². The highest BCUT2D eigenvalue weighted by Crippen LogP contribution is 2.17. The van der Waals surface area contributed by atoms with Crippen molar-refractivity contribution in [1.82, 2.24) is 5.32 Å². The van der Waals surface area contributed by atoms with E-state index in [9.17, 15) is 14.0 Å². The second-order valence-corrected chi connectivity index (χ2v) is 4.94. The molecule has 0 saturated carbocycles. The largest absolute Gasteiger partial charge is 0.478 e. The Kier molecular flexibility index (Phi) is 6.14. The highest BCUT2D eigenvalue weighted by atomic mass is 19.1. The predicted octanol–water partition coefficient (Wildman–Crippen LogP) is 1.91. The smallest absolute Gasteiger partial charge is 0.328 e. The Morgan fingerprint density at radius 1 is 1.19 bits per heavy atom. The summed E-state index contributed by atoms with van der Waals surface area (Å²) in [5.41, 5.74) is 0. The van der Waals surface area contributed by atoms with Crippen LogP contribution in [0.5, 0.6) is 5.75 Å². The molecule has 0 aliphatic carbocycles. The van der Waals surface area contributed by atoms with Crippen molar-refractivity contribution in [3.8, 4) is 5.75 Å². The van der Waals surface area contributed by atoms with Crippen LogP contribution in [0.4, 0.5) is 4.39 Å². The van der Waals surface area contributed by atoms with E-state index in [1.165, 1.54) is 32.2 Å². The van der Waals surface area contributed by atoms with E-state index in [0.717, 1.165) is 0 Å². The Balaban J connectivity index is 2.70. The predicted molar refractivity (Wildman–Crippen MR) is 75.3 cm³/mol. The average Bonchev–Trinajstić information content (AvgIpc) is 2.45. The summed E-state index contributed by atoms with van der Waals surface area (Å²) in [5, 5.41) is 2.55. The molecule has 5 nitrogen and oxygen atoms in total. The van der Waals surface area contributed by atoms with Gasteiger partial charge >= 0.3 is 5.97 Å². The van der Waals surface area contributed by atoms with Crippen LogP contribution in [-0.2, 0) is 14.3 Å². The molecular weight excluding hydrogens is 277 g/mol. The van der Waals surface area contributed by atoms with Gasteiger partial charge < -0.3 is 14.8 Å².